The number of benzene rings is 1. The van der Waals surface area contributed by atoms with Crippen LogP contribution in [0.3, 0.4) is 0 Å². The zero-order valence-electron chi connectivity index (χ0n) is 9.64. The second-order valence-electron chi connectivity index (χ2n) is 4.59. The average molecular weight is 352 g/mol. The third kappa shape index (κ3) is 4.54. The second-order valence-corrected chi connectivity index (χ2v) is 6.09. The van der Waals surface area contributed by atoms with Crippen molar-refractivity contribution >= 4 is 31.9 Å². The molecule has 0 radical (unpaired) electrons. The fourth-order valence-electron chi connectivity index (χ4n) is 1.87. The number of rotatable bonds is 5. The van der Waals surface area contributed by atoms with E-state index in [1.54, 1.807) is 0 Å². The molecule has 1 atom stereocenters. The van der Waals surface area contributed by atoms with E-state index >= 15 is 0 Å². The Kier molecular flexibility index (Phi) is 5.98. The van der Waals surface area contributed by atoms with Gasteiger partial charge < -0.3 is 0 Å². The topological polar surface area (TPSA) is 0 Å². The maximum absolute atomic E-state index is 12.9. The van der Waals surface area contributed by atoms with Gasteiger partial charge in [-0.15, -0.1) is 0 Å². The Bertz CT molecular complexity index is 337. The Morgan fingerprint density at radius 2 is 2.00 bits per heavy atom. The van der Waals surface area contributed by atoms with Crippen molar-refractivity contribution in [2.24, 2.45) is 11.8 Å². The predicted molar refractivity (Wildman–Crippen MR) is 74.5 cm³/mol. The van der Waals surface area contributed by atoms with Gasteiger partial charge in [-0.05, 0) is 42.4 Å². The van der Waals surface area contributed by atoms with Gasteiger partial charge >= 0.3 is 0 Å². The number of hydrogen-bond donors (Lipinski definition) is 0. The first-order valence-corrected chi connectivity index (χ1v) is 7.44. The lowest BCUT2D eigenvalue weighted by atomic mass is 9.92. The van der Waals surface area contributed by atoms with Crippen LogP contribution >= 0.6 is 31.9 Å². The summed E-state index contributed by atoms with van der Waals surface area (Å²) in [6.45, 7) is 4.46. The molecule has 0 bridgehead atoms. The molecular weight excluding hydrogens is 335 g/mol. The van der Waals surface area contributed by atoms with Crippen molar-refractivity contribution < 1.29 is 4.39 Å². The van der Waals surface area contributed by atoms with Crippen LogP contribution in [0.25, 0.3) is 0 Å². The van der Waals surface area contributed by atoms with Crippen LogP contribution in [0.5, 0.6) is 0 Å². The first kappa shape index (κ1) is 14.2. The van der Waals surface area contributed by atoms with Gasteiger partial charge in [0.1, 0.15) is 5.82 Å². The number of halogens is 3. The smallest absolute Gasteiger partial charge is 0.124 e. The molecule has 0 nitrogen and oxygen atoms in total. The minimum Gasteiger partial charge on any atom is -0.207 e. The van der Waals surface area contributed by atoms with Gasteiger partial charge in [0, 0.05) is 9.80 Å². The molecule has 0 aliphatic rings. The lowest BCUT2D eigenvalue weighted by molar-refractivity contribution is 0.444. The SMILES string of the molecule is CC(C)CC(CBr)Cc1ccc(F)cc1Br. The molecule has 0 heterocycles. The first-order chi connectivity index (χ1) is 7.52. The van der Waals surface area contributed by atoms with Crippen LogP contribution in [0, 0.1) is 17.7 Å². The first-order valence-electron chi connectivity index (χ1n) is 5.52. The summed E-state index contributed by atoms with van der Waals surface area (Å²) < 4.78 is 13.8. The molecule has 0 saturated carbocycles. The standard InChI is InChI=1S/C13H17Br2F/c1-9(2)5-10(8-14)6-11-3-4-12(16)7-13(11)15/h3-4,7,9-10H,5-6,8H2,1-2H3. The largest absolute Gasteiger partial charge is 0.207 e. The van der Waals surface area contributed by atoms with E-state index in [2.05, 4.69) is 45.7 Å². The van der Waals surface area contributed by atoms with Crippen molar-refractivity contribution in [1.82, 2.24) is 0 Å². The van der Waals surface area contributed by atoms with Crippen LogP contribution < -0.4 is 0 Å². The average Bonchev–Trinajstić information content (AvgIpc) is 2.20. The van der Waals surface area contributed by atoms with E-state index < -0.39 is 0 Å². The van der Waals surface area contributed by atoms with Crippen molar-refractivity contribution in [2.45, 2.75) is 26.7 Å². The van der Waals surface area contributed by atoms with E-state index in [1.165, 1.54) is 24.1 Å². The molecule has 90 valence electrons. The Morgan fingerprint density at radius 1 is 1.31 bits per heavy atom. The van der Waals surface area contributed by atoms with E-state index in [1.807, 2.05) is 6.07 Å². The summed E-state index contributed by atoms with van der Waals surface area (Å²) in [5.74, 6) is 1.12. The fourth-order valence-corrected chi connectivity index (χ4v) is 2.87. The number of hydrogen-bond acceptors (Lipinski definition) is 0. The van der Waals surface area contributed by atoms with E-state index in [4.69, 9.17) is 0 Å². The van der Waals surface area contributed by atoms with Crippen LogP contribution in [-0.4, -0.2) is 5.33 Å². The summed E-state index contributed by atoms with van der Waals surface area (Å²) in [6.07, 6.45) is 2.18. The Hall–Kier alpha value is 0.110. The molecule has 0 spiro atoms. The van der Waals surface area contributed by atoms with Gasteiger partial charge in [-0.2, -0.15) is 0 Å². The maximum atomic E-state index is 12.9. The zero-order chi connectivity index (χ0) is 12.1. The highest BCUT2D eigenvalue weighted by Crippen LogP contribution is 2.25. The molecule has 1 aromatic carbocycles. The summed E-state index contributed by atoms with van der Waals surface area (Å²) in [6, 6.07) is 4.94. The van der Waals surface area contributed by atoms with Crippen molar-refractivity contribution in [3.05, 3.63) is 34.1 Å². The summed E-state index contributed by atoms with van der Waals surface area (Å²) >= 11 is 6.97. The molecule has 0 aliphatic heterocycles. The minimum absolute atomic E-state index is 0.185. The summed E-state index contributed by atoms with van der Waals surface area (Å²) in [5.41, 5.74) is 1.19. The highest BCUT2D eigenvalue weighted by Gasteiger charge is 2.12. The van der Waals surface area contributed by atoms with Crippen molar-refractivity contribution in [1.29, 1.82) is 0 Å². The fraction of sp³-hybridized carbons (Fsp3) is 0.538. The molecule has 1 unspecified atom stereocenters. The van der Waals surface area contributed by atoms with Gasteiger partial charge in [-0.3, -0.25) is 0 Å². The van der Waals surface area contributed by atoms with Gasteiger partial charge in [-0.25, -0.2) is 4.39 Å². The van der Waals surface area contributed by atoms with E-state index in [0.717, 1.165) is 16.2 Å². The molecule has 1 aromatic rings. The molecule has 1 rings (SSSR count). The molecule has 0 amide bonds. The van der Waals surface area contributed by atoms with Gasteiger partial charge in [0.2, 0.25) is 0 Å². The third-order valence-electron chi connectivity index (χ3n) is 2.55. The van der Waals surface area contributed by atoms with Crippen LogP contribution in [0.2, 0.25) is 0 Å². The summed E-state index contributed by atoms with van der Waals surface area (Å²) in [4.78, 5) is 0. The highest BCUT2D eigenvalue weighted by molar-refractivity contribution is 9.10. The van der Waals surface area contributed by atoms with Crippen LogP contribution in [0.1, 0.15) is 25.8 Å². The third-order valence-corrected chi connectivity index (χ3v) is 4.20. The van der Waals surface area contributed by atoms with Gasteiger partial charge in [0.15, 0.2) is 0 Å². The quantitative estimate of drug-likeness (QED) is 0.640. The van der Waals surface area contributed by atoms with Crippen molar-refractivity contribution in [3.63, 3.8) is 0 Å². The van der Waals surface area contributed by atoms with Crippen molar-refractivity contribution in [2.75, 3.05) is 5.33 Å². The Morgan fingerprint density at radius 3 is 2.50 bits per heavy atom. The zero-order valence-corrected chi connectivity index (χ0v) is 12.8. The van der Waals surface area contributed by atoms with E-state index in [0.29, 0.717) is 11.8 Å². The predicted octanol–water partition coefficient (Wildman–Crippen LogP) is 5.19. The van der Waals surface area contributed by atoms with Crippen molar-refractivity contribution in [3.8, 4) is 0 Å². The molecule has 0 saturated heterocycles. The van der Waals surface area contributed by atoms with Gasteiger partial charge in [-0.1, -0.05) is 51.8 Å². The van der Waals surface area contributed by atoms with Gasteiger partial charge in [0.25, 0.3) is 0 Å². The minimum atomic E-state index is -0.185. The van der Waals surface area contributed by atoms with Gasteiger partial charge in [0.05, 0.1) is 0 Å². The number of alkyl halides is 1. The molecule has 3 heteroatoms. The normalized spacial score (nSPS) is 13.1. The molecule has 0 fully saturated rings. The lowest BCUT2D eigenvalue weighted by Crippen LogP contribution is -2.10. The van der Waals surface area contributed by atoms with E-state index in [9.17, 15) is 4.39 Å². The van der Waals surface area contributed by atoms with Crippen LogP contribution in [-0.2, 0) is 6.42 Å². The van der Waals surface area contributed by atoms with Crippen LogP contribution in [0.4, 0.5) is 4.39 Å². The second kappa shape index (κ2) is 6.75. The molecular formula is C13H17Br2F. The maximum Gasteiger partial charge on any atom is 0.124 e. The van der Waals surface area contributed by atoms with Crippen LogP contribution in [0.15, 0.2) is 22.7 Å². The monoisotopic (exact) mass is 350 g/mol. The Balaban J connectivity index is 2.70. The molecule has 0 aliphatic carbocycles. The lowest BCUT2D eigenvalue weighted by Gasteiger charge is -2.17. The molecule has 0 aromatic heterocycles. The van der Waals surface area contributed by atoms with E-state index in [-0.39, 0.29) is 5.82 Å². The summed E-state index contributed by atoms with van der Waals surface area (Å²) in [5, 5.41) is 0.995. The molecule has 16 heavy (non-hydrogen) atoms. The molecule has 0 N–H and O–H groups in total. The summed E-state index contributed by atoms with van der Waals surface area (Å²) in [7, 11) is 0. The highest BCUT2D eigenvalue weighted by atomic mass is 79.9. The Labute approximate surface area is 114 Å².